The number of ether oxygens (including phenoxy) is 1. The van der Waals surface area contributed by atoms with Crippen molar-refractivity contribution >= 4 is 29.1 Å². The van der Waals surface area contributed by atoms with Gasteiger partial charge in [-0.3, -0.25) is 10.1 Å². The largest absolute Gasteiger partial charge is 0.415 e. The molecule has 0 aromatic heterocycles. The average Bonchev–Trinajstić information content (AvgIpc) is 2.63. The molecule has 0 bridgehead atoms. The first kappa shape index (κ1) is 17.0. The summed E-state index contributed by atoms with van der Waals surface area (Å²) in [5.74, 6) is 0.288. The van der Waals surface area contributed by atoms with Gasteiger partial charge >= 0.3 is 6.09 Å². The minimum absolute atomic E-state index is 0.0450. The summed E-state index contributed by atoms with van der Waals surface area (Å²) in [5.41, 5.74) is 1.02. The van der Waals surface area contributed by atoms with Gasteiger partial charge < -0.3 is 14.5 Å². The summed E-state index contributed by atoms with van der Waals surface area (Å²) in [6, 6.07) is 13.0. The molecule has 1 amide bonds. The van der Waals surface area contributed by atoms with Crippen LogP contribution in [-0.2, 0) is 0 Å². The fourth-order valence-electron chi connectivity index (χ4n) is 2.60. The molecule has 1 aliphatic heterocycles. The van der Waals surface area contributed by atoms with Gasteiger partial charge in [-0.25, -0.2) is 4.79 Å². The van der Waals surface area contributed by atoms with E-state index in [2.05, 4.69) is 4.90 Å². The van der Waals surface area contributed by atoms with Crippen molar-refractivity contribution in [2.24, 2.45) is 0 Å². The lowest BCUT2D eigenvalue weighted by Crippen LogP contribution is -2.49. The second kappa shape index (κ2) is 7.40. The summed E-state index contributed by atoms with van der Waals surface area (Å²) in [5, 5.41) is 11.3. The Morgan fingerprint density at radius 2 is 1.60 bits per heavy atom. The molecule has 0 radical (unpaired) electrons. The summed E-state index contributed by atoms with van der Waals surface area (Å²) >= 11 is 5.89. The standard InChI is InChI=1S/C17H16ClN3O4/c18-13-1-3-14(4-2-13)19-9-11-20(12-10-19)17(22)25-16-7-5-15(6-8-16)21(23)24/h1-8H,9-12H2. The molecule has 1 fully saturated rings. The topological polar surface area (TPSA) is 75.9 Å². The van der Waals surface area contributed by atoms with Gasteiger partial charge in [0.1, 0.15) is 5.75 Å². The molecule has 8 heteroatoms. The number of hydrogen-bond donors (Lipinski definition) is 0. The van der Waals surface area contributed by atoms with Crippen LogP contribution >= 0.6 is 11.6 Å². The average molecular weight is 362 g/mol. The Bertz CT molecular complexity index is 756. The zero-order chi connectivity index (χ0) is 17.8. The third kappa shape index (κ3) is 4.19. The number of nitrogens with zero attached hydrogens (tertiary/aromatic N) is 3. The van der Waals surface area contributed by atoms with E-state index in [1.807, 2.05) is 24.3 Å². The van der Waals surface area contributed by atoms with Gasteiger partial charge in [-0.1, -0.05) is 11.6 Å². The minimum Gasteiger partial charge on any atom is -0.410 e. The molecule has 1 saturated heterocycles. The molecule has 0 atom stereocenters. The van der Waals surface area contributed by atoms with E-state index < -0.39 is 11.0 Å². The lowest BCUT2D eigenvalue weighted by Gasteiger charge is -2.35. The first-order chi connectivity index (χ1) is 12.0. The summed E-state index contributed by atoms with van der Waals surface area (Å²) in [6.07, 6.45) is -0.454. The first-order valence-electron chi connectivity index (χ1n) is 7.74. The quantitative estimate of drug-likeness (QED) is 0.617. The van der Waals surface area contributed by atoms with E-state index in [0.29, 0.717) is 31.2 Å². The number of rotatable bonds is 3. The van der Waals surface area contributed by atoms with Crippen molar-refractivity contribution in [1.82, 2.24) is 4.90 Å². The molecule has 7 nitrogen and oxygen atoms in total. The van der Waals surface area contributed by atoms with Crippen molar-refractivity contribution in [1.29, 1.82) is 0 Å². The molecule has 0 aliphatic carbocycles. The molecule has 2 aromatic carbocycles. The number of anilines is 1. The van der Waals surface area contributed by atoms with E-state index in [1.165, 1.54) is 24.3 Å². The van der Waals surface area contributed by atoms with Crippen LogP contribution in [0.1, 0.15) is 0 Å². The van der Waals surface area contributed by atoms with Crippen molar-refractivity contribution in [2.45, 2.75) is 0 Å². The van der Waals surface area contributed by atoms with E-state index in [9.17, 15) is 14.9 Å². The second-order valence-electron chi connectivity index (χ2n) is 5.57. The van der Waals surface area contributed by atoms with Crippen LogP contribution in [0.25, 0.3) is 0 Å². The number of nitro groups is 1. The Morgan fingerprint density at radius 1 is 1.00 bits per heavy atom. The number of hydrogen-bond acceptors (Lipinski definition) is 5. The number of carbonyl (C=O) groups excluding carboxylic acids is 1. The maximum absolute atomic E-state index is 12.2. The van der Waals surface area contributed by atoms with Gasteiger partial charge in [0.25, 0.3) is 5.69 Å². The van der Waals surface area contributed by atoms with Crippen LogP contribution in [-0.4, -0.2) is 42.1 Å². The minimum atomic E-state index is -0.498. The number of non-ortho nitro benzene ring substituents is 1. The molecular formula is C17H16ClN3O4. The number of nitro benzene ring substituents is 1. The van der Waals surface area contributed by atoms with E-state index >= 15 is 0 Å². The van der Waals surface area contributed by atoms with Crippen LogP contribution in [0.2, 0.25) is 5.02 Å². The lowest BCUT2D eigenvalue weighted by atomic mass is 10.2. The van der Waals surface area contributed by atoms with E-state index in [0.717, 1.165) is 5.69 Å². The number of halogens is 1. The van der Waals surface area contributed by atoms with Crippen molar-refractivity contribution < 1.29 is 14.5 Å². The maximum atomic E-state index is 12.2. The normalized spacial score (nSPS) is 14.3. The number of benzene rings is 2. The first-order valence-corrected chi connectivity index (χ1v) is 8.12. The van der Waals surface area contributed by atoms with Crippen LogP contribution < -0.4 is 9.64 Å². The van der Waals surface area contributed by atoms with Crippen LogP contribution in [0, 0.1) is 10.1 Å². The molecule has 2 aromatic rings. The Hall–Kier alpha value is -2.80. The molecule has 130 valence electrons. The lowest BCUT2D eigenvalue weighted by molar-refractivity contribution is -0.384. The van der Waals surface area contributed by atoms with Crippen LogP contribution in [0.5, 0.6) is 5.75 Å². The third-order valence-corrected chi connectivity index (χ3v) is 4.23. The maximum Gasteiger partial charge on any atom is 0.415 e. The summed E-state index contributed by atoms with van der Waals surface area (Å²) < 4.78 is 5.27. The summed E-state index contributed by atoms with van der Waals surface area (Å²) in [7, 11) is 0. The number of piperazine rings is 1. The second-order valence-corrected chi connectivity index (χ2v) is 6.01. The van der Waals surface area contributed by atoms with Crippen molar-refractivity contribution in [3.8, 4) is 5.75 Å². The van der Waals surface area contributed by atoms with E-state index in [-0.39, 0.29) is 11.4 Å². The van der Waals surface area contributed by atoms with Gasteiger partial charge in [0, 0.05) is 49.0 Å². The molecule has 25 heavy (non-hydrogen) atoms. The SMILES string of the molecule is O=C(Oc1ccc([N+](=O)[O-])cc1)N1CCN(c2ccc(Cl)cc2)CC1. The highest BCUT2D eigenvalue weighted by Gasteiger charge is 2.23. The Morgan fingerprint density at radius 3 is 2.16 bits per heavy atom. The summed E-state index contributed by atoms with van der Waals surface area (Å²) in [4.78, 5) is 26.1. The highest BCUT2D eigenvalue weighted by atomic mass is 35.5. The highest BCUT2D eigenvalue weighted by molar-refractivity contribution is 6.30. The number of carbonyl (C=O) groups is 1. The fraction of sp³-hybridized carbons (Fsp3) is 0.235. The fourth-order valence-corrected chi connectivity index (χ4v) is 2.73. The van der Waals surface area contributed by atoms with Crippen molar-refractivity contribution in [3.05, 3.63) is 63.7 Å². The van der Waals surface area contributed by atoms with Gasteiger partial charge in [-0.15, -0.1) is 0 Å². The Kier molecular flexibility index (Phi) is 5.04. The highest BCUT2D eigenvalue weighted by Crippen LogP contribution is 2.21. The van der Waals surface area contributed by atoms with Gasteiger partial charge in [-0.2, -0.15) is 0 Å². The third-order valence-electron chi connectivity index (χ3n) is 3.98. The Labute approximate surface area is 149 Å². The predicted octanol–water partition coefficient (Wildman–Crippen LogP) is 3.57. The zero-order valence-corrected chi connectivity index (χ0v) is 14.1. The van der Waals surface area contributed by atoms with Crippen LogP contribution in [0.4, 0.5) is 16.2 Å². The molecule has 1 heterocycles. The van der Waals surface area contributed by atoms with Gasteiger partial charge in [0.15, 0.2) is 0 Å². The Balaban J connectivity index is 1.54. The molecule has 1 aliphatic rings. The molecule has 0 saturated carbocycles. The van der Waals surface area contributed by atoms with Crippen LogP contribution in [0.15, 0.2) is 48.5 Å². The molecule has 0 unspecified atom stereocenters. The van der Waals surface area contributed by atoms with Gasteiger partial charge in [0.05, 0.1) is 4.92 Å². The summed E-state index contributed by atoms with van der Waals surface area (Å²) in [6.45, 7) is 2.46. The van der Waals surface area contributed by atoms with Crippen molar-refractivity contribution in [3.63, 3.8) is 0 Å². The van der Waals surface area contributed by atoms with E-state index in [4.69, 9.17) is 16.3 Å². The number of amides is 1. The molecular weight excluding hydrogens is 346 g/mol. The van der Waals surface area contributed by atoms with Gasteiger partial charge in [-0.05, 0) is 36.4 Å². The molecule has 0 N–H and O–H groups in total. The molecule has 0 spiro atoms. The van der Waals surface area contributed by atoms with Crippen molar-refractivity contribution in [2.75, 3.05) is 31.1 Å². The van der Waals surface area contributed by atoms with E-state index in [1.54, 1.807) is 4.90 Å². The monoisotopic (exact) mass is 361 g/mol. The smallest absolute Gasteiger partial charge is 0.410 e. The zero-order valence-electron chi connectivity index (χ0n) is 13.3. The predicted molar refractivity (Wildman–Crippen MR) is 94.4 cm³/mol. The molecule has 3 rings (SSSR count). The van der Waals surface area contributed by atoms with Gasteiger partial charge in [0.2, 0.25) is 0 Å². The van der Waals surface area contributed by atoms with Crippen LogP contribution in [0.3, 0.4) is 0 Å².